The predicted octanol–water partition coefficient (Wildman–Crippen LogP) is 1.57. The summed E-state index contributed by atoms with van der Waals surface area (Å²) in [7, 11) is 1.67. The number of hydrogen-bond donors (Lipinski definition) is 0. The molecule has 0 saturated heterocycles. The fourth-order valence-electron chi connectivity index (χ4n) is 1.35. The maximum absolute atomic E-state index is 5.76. The smallest absolute Gasteiger partial charge is 0.234 e. The standard InChI is InChI=1S/C11H18ClN3O2/c1-3-17-11-9-13-8-10(14-11)15(5-4-12)6-7-16-2/h8-9H,3-7H2,1-2H3. The molecule has 0 saturated carbocycles. The Hall–Kier alpha value is -1.07. The van der Waals surface area contributed by atoms with E-state index in [0.717, 1.165) is 12.4 Å². The van der Waals surface area contributed by atoms with Crippen molar-refractivity contribution < 1.29 is 9.47 Å². The molecule has 0 aliphatic carbocycles. The van der Waals surface area contributed by atoms with Crippen LogP contribution in [-0.4, -0.2) is 49.3 Å². The number of halogens is 1. The number of hydrogen-bond acceptors (Lipinski definition) is 5. The summed E-state index contributed by atoms with van der Waals surface area (Å²) in [5, 5.41) is 0. The van der Waals surface area contributed by atoms with Gasteiger partial charge in [0, 0.05) is 26.1 Å². The molecule has 0 aromatic carbocycles. The summed E-state index contributed by atoms with van der Waals surface area (Å²) >= 11 is 5.76. The number of anilines is 1. The van der Waals surface area contributed by atoms with Crippen molar-refractivity contribution in [1.29, 1.82) is 0 Å². The van der Waals surface area contributed by atoms with Crippen LogP contribution in [0.25, 0.3) is 0 Å². The van der Waals surface area contributed by atoms with Crippen LogP contribution in [0, 0.1) is 0 Å². The van der Waals surface area contributed by atoms with E-state index in [4.69, 9.17) is 21.1 Å². The first-order valence-corrected chi connectivity index (χ1v) is 6.10. The average molecular weight is 260 g/mol. The van der Waals surface area contributed by atoms with Crippen molar-refractivity contribution in [1.82, 2.24) is 9.97 Å². The molecule has 1 aromatic rings. The van der Waals surface area contributed by atoms with Gasteiger partial charge in [-0.25, -0.2) is 0 Å². The fourth-order valence-corrected chi connectivity index (χ4v) is 1.56. The molecule has 0 N–H and O–H groups in total. The van der Waals surface area contributed by atoms with E-state index in [1.54, 1.807) is 19.5 Å². The maximum Gasteiger partial charge on any atom is 0.234 e. The van der Waals surface area contributed by atoms with E-state index >= 15 is 0 Å². The minimum absolute atomic E-state index is 0.530. The van der Waals surface area contributed by atoms with E-state index < -0.39 is 0 Å². The lowest BCUT2D eigenvalue weighted by molar-refractivity contribution is 0.205. The van der Waals surface area contributed by atoms with Gasteiger partial charge in [-0.05, 0) is 6.92 Å². The molecule has 0 radical (unpaired) electrons. The molecule has 6 heteroatoms. The van der Waals surface area contributed by atoms with Gasteiger partial charge in [0.05, 0.1) is 25.6 Å². The Morgan fingerprint density at radius 1 is 1.35 bits per heavy atom. The van der Waals surface area contributed by atoms with Gasteiger partial charge in [0.25, 0.3) is 0 Å². The maximum atomic E-state index is 5.76. The third-order valence-corrected chi connectivity index (χ3v) is 2.30. The van der Waals surface area contributed by atoms with Gasteiger partial charge >= 0.3 is 0 Å². The zero-order valence-electron chi connectivity index (χ0n) is 10.2. The highest BCUT2D eigenvalue weighted by atomic mass is 35.5. The van der Waals surface area contributed by atoms with Crippen LogP contribution in [0.15, 0.2) is 12.4 Å². The number of alkyl halides is 1. The molecule has 0 fully saturated rings. The Balaban J connectivity index is 2.73. The Morgan fingerprint density at radius 3 is 2.82 bits per heavy atom. The normalized spacial score (nSPS) is 10.3. The SMILES string of the molecule is CCOc1cncc(N(CCCl)CCOC)n1. The first-order chi connectivity index (χ1) is 8.31. The Kier molecular flexibility index (Phi) is 6.65. The van der Waals surface area contributed by atoms with E-state index in [1.807, 2.05) is 11.8 Å². The van der Waals surface area contributed by atoms with Crippen LogP contribution in [0.3, 0.4) is 0 Å². The Bertz CT molecular complexity index is 325. The fraction of sp³-hybridized carbons (Fsp3) is 0.636. The van der Waals surface area contributed by atoms with Crippen LogP contribution >= 0.6 is 11.6 Å². The molecule has 0 amide bonds. The molecule has 0 aliphatic heterocycles. The molecule has 1 rings (SSSR count). The van der Waals surface area contributed by atoms with Gasteiger partial charge in [0.1, 0.15) is 0 Å². The molecule has 17 heavy (non-hydrogen) atoms. The minimum Gasteiger partial charge on any atom is -0.477 e. The second kappa shape index (κ2) is 8.08. The van der Waals surface area contributed by atoms with Gasteiger partial charge in [-0.2, -0.15) is 4.98 Å². The molecule has 96 valence electrons. The molecule has 0 aliphatic rings. The average Bonchev–Trinajstić information content (AvgIpc) is 2.35. The van der Waals surface area contributed by atoms with Crippen molar-refractivity contribution in [3.63, 3.8) is 0 Å². The highest BCUT2D eigenvalue weighted by Gasteiger charge is 2.08. The van der Waals surface area contributed by atoms with E-state index in [9.17, 15) is 0 Å². The van der Waals surface area contributed by atoms with Gasteiger partial charge in [-0.3, -0.25) is 4.98 Å². The number of methoxy groups -OCH3 is 1. The molecule has 1 heterocycles. The molecule has 5 nitrogen and oxygen atoms in total. The van der Waals surface area contributed by atoms with E-state index in [2.05, 4.69) is 9.97 Å². The highest BCUT2D eigenvalue weighted by Crippen LogP contribution is 2.13. The van der Waals surface area contributed by atoms with Gasteiger partial charge in [0.15, 0.2) is 5.82 Å². The molecule has 0 spiro atoms. The first kappa shape index (κ1) is 14.0. The van der Waals surface area contributed by atoms with Crippen LogP contribution in [0.5, 0.6) is 5.88 Å². The zero-order valence-corrected chi connectivity index (χ0v) is 11.0. The van der Waals surface area contributed by atoms with Crippen LogP contribution in [0.4, 0.5) is 5.82 Å². The molecule has 0 atom stereocenters. The van der Waals surface area contributed by atoms with Crippen LogP contribution in [0.2, 0.25) is 0 Å². The van der Waals surface area contributed by atoms with Crippen molar-refractivity contribution >= 4 is 17.4 Å². The summed E-state index contributed by atoms with van der Waals surface area (Å²) in [4.78, 5) is 10.5. The predicted molar refractivity (Wildman–Crippen MR) is 68.0 cm³/mol. The quantitative estimate of drug-likeness (QED) is 0.663. The van der Waals surface area contributed by atoms with Crippen LogP contribution in [0.1, 0.15) is 6.92 Å². The lowest BCUT2D eigenvalue weighted by Gasteiger charge is -2.22. The first-order valence-electron chi connectivity index (χ1n) is 5.56. The third-order valence-electron chi connectivity index (χ3n) is 2.14. The number of nitrogens with zero attached hydrogens (tertiary/aromatic N) is 3. The Morgan fingerprint density at radius 2 is 2.18 bits per heavy atom. The molecular weight excluding hydrogens is 242 g/mol. The summed E-state index contributed by atoms with van der Waals surface area (Å²) in [5.41, 5.74) is 0. The van der Waals surface area contributed by atoms with Crippen molar-refractivity contribution in [2.24, 2.45) is 0 Å². The monoisotopic (exact) mass is 259 g/mol. The number of ether oxygens (including phenoxy) is 2. The summed E-state index contributed by atoms with van der Waals surface area (Å²) in [6.45, 7) is 4.54. The van der Waals surface area contributed by atoms with Gasteiger partial charge in [-0.1, -0.05) is 0 Å². The Labute approximate surface area is 107 Å². The van der Waals surface area contributed by atoms with Crippen LogP contribution in [-0.2, 0) is 4.74 Å². The van der Waals surface area contributed by atoms with Crippen molar-refractivity contribution in [3.05, 3.63) is 12.4 Å². The van der Waals surface area contributed by atoms with Crippen molar-refractivity contribution in [3.8, 4) is 5.88 Å². The van der Waals surface area contributed by atoms with E-state index in [-0.39, 0.29) is 0 Å². The van der Waals surface area contributed by atoms with Gasteiger partial charge in [0.2, 0.25) is 5.88 Å². The highest BCUT2D eigenvalue weighted by molar-refractivity contribution is 6.18. The summed E-state index contributed by atoms with van der Waals surface area (Å²) in [6.07, 6.45) is 3.30. The summed E-state index contributed by atoms with van der Waals surface area (Å²) < 4.78 is 10.4. The van der Waals surface area contributed by atoms with Gasteiger partial charge < -0.3 is 14.4 Å². The molecule has 0 bridgehead atoms. The van der Waals surface area contributed by atoms with E-state index in [1.165, 1.54) is 0 Å². The minimum atomic E-state index is 0.530. The molecule has 1 aromatic heterocycles. The third kappa shape index (κ3) is 4.75. The second-order valence-corrected chi connectivity index (χ2v) is 3.70. The number of aromatic nitrogens is 2. The van der Waals surface area contributed by atoms with E-state index in [0.29, 0.717) is 31.5 Å². The summed E-state index contributed by atoms with van der Waals surface area (Å²) in [6, 6.07) is 0. The topological polar surface area (TPSA) is 47.5 Å². The number of rotatable bonds is 8. The zero-order chi connectivity index (χ0) is 12.5. The molecular formula is C11H18ClN3O2. The van der Waals surface area contributed by atoms with Gasteiger partial charge in [-0.15, -0.1) is 11.6 Å². The lowest BCUT2D eigenvalue weighted by atomic mass is 10.4. The largest absolute Gasteiger partial charge is 0.477 e. The second-order valence-electron chi connectivity index (χ2n) is 3.32. The lowest BCUT2D eigenvalue weighted by Crippen LogP contribution is -2.30. The van der Waals surface area contributed by atoms with Crippen molar-refractivity contribution in [2.75, 3.05) is 44.2 Å². The van der Waals surface area contributed by atoms with Crippen LogP contribution < -0.4 is 9.64 Å². The van der Waals surface area contributed by atoms with Crippen molar-refractivity contribution in [2.45, 2.75) is 6.92 Å². The summed E-state index contributed by atoms with van der Waals surface area (Å²) in [5.74, 6) is 1.82. The molecule has 0 unspecified atom stereocenters.